The molecule has 0 fully saturated rings. The molecule has 0 unspecified atom stereocenters. The first-order valence-electron chi connectivity index (χ1n) is 8.58. The molecular weight excluding hydrogens is 340 g/mol. The van der Waals surface area contributed by atoms with Crippen LogP contribution in [0.15, 0.2) is 78.9 Å². The maximum atomic E-state index is 12.1. The Morgan fingerprint density at radius 3 is 2.04 bits per heavy atom. The van der Waals surface area contributed by atoms with E-state index in [1.165, 1.54) is 0 Å². The van der Waals surface area contributed by atoms with Crippen LogP contribution in [0.1, 0.15) is 12.0 Å². The van der Waals surface area contributed by atoms with Gasteiger partial charge in [-0.25, -0.2) is 0 Å². The van der Waals surface area contributed by atoms with Gasteiger partial charge in [-0.1, -0.05) is 30.3 Å². The minimum atomic E-state index is -0.378. The van der Waals surface area contributed by atoms with E-state index in [9.17, 15) is 9.59 Å². The highest BCUT2D eigenvalue weighted by Crippen LogP contribution is 2.22. The molecule has 0 aliphatic carbocycles. The average Bonchev–Trinajstić information content (AvgIpc) is 2.64. The number of hydrogen-bond donors (Lipinski definition) is 2. The zero-order valence-electron chi connectivity index (χ0n) is 14.9. The topological polar surface area (TPSA) is 67.4 Å². The normalized spacial score (nSPS) is 10.1. The third-order valence-corrected chi connectivity index (χ3v) is 3.74. The van der Waals surface area contributed by atoms with Gasteiger partial charge < -0.3 is 15.4 Å². The van der Waals surface area contributed by atoms with Crippen molar-refractivity contribution in [3.63, 3.8) is 0 Å². The van der Waals surface area contributed by atoms with Crippen molar-refractivity contribution in [2.75, 3.05) is 10.6 Å². The van der Waals surface area contributed by atoms with E-state index >= 15 is 0 Å². The molecule has 5 heteroatoms. The number of rotatable bonds is 6. The molecule has 0 atom stereocenters. The molecular formula is C22H20N2O3. The van der Waals surface area contributed by atoms with Crippen LogP contribution in [0.25, 0.3) is 0 Å². The predicted octanol–water partition coefficient (Wildman–Crippen LogP) is 4.75. The molecule has 136 valence electrons. The Morgan fingerprint density at radius 1 is 0.741 bits per heavy atom. The minimum absolute atomic E-state index is 0.254. The summed E-state index contributed by atoms with van der Waals surface area (Å²) in [6.45, 7) is 1.94. The van der Waals surface area contributed by atoms with E-state index in [2.05, 4.69) is 10.6 Å². The van der Waals surface area contributed by atoms with Crippen LogP contribution in [0, 0.1) is 6.92 Å². The van der Waals surface area contributed by atoms with Crippen LogP contribution >= 0.6 is 0 Å². The molecule has 2 amide bonds. The first kappa shape index (κ1) is 18.2. The van der Waals surface area contributed by atoms with Crippen molar-refractivity contribution in [1.82, 2.24) is 0 Å². The Hall–Kier alpha value is -3.60. The molecule has 0 radical (unpaired) electrons. The molecule has 5 nitrogen and oxygen atoms in total. The Balaban J connectivity index is 1.51. The summed E-state index contributed by atoms with van der Waals surface area (Å²) in [6.07, 6.45) is -0.254. The molecule has 0 aliphatic heterocycles. The van der Waals surface area contributed by atoms with Crippen molar-refractivity contribution in [3.05, 3.63) is 84.4 Å². The van der Waals surface area contributed by atoms with E-state index in [0.717, 1.165) is 11.3 Å². The quantitative estimate of drug-likeness (QED) is 0.623. The summed E-state index contributed by atoms with van der Waals surface area (Å²) in [5.74, 6) is 0.664. The van der Waals surface area contributed by atoms with Crippen LogP contribution in [0.5, 0.6) is 11.5 Å². The van der Waals surface area contributed by atoms with Crippen LogP contribution in [0.3, 0.4) is 0 Å². The van der Waals surface area contributed by atoms with Gasteiger partial charge in [-0.05, 0) is 61.0 Å². The van der Waals surface area contributed by atoms with Crippen LogP contribution in [-0.4, -0.2) is 11.8 Å². The van der Waals surface area contributed by atoms with Crippen molar-refractivity contribution in [3.8, 4) is 11.5 Å². The van der Waals surface area contributed by atoms with Gasteiger partial charge in [-0.3, -0.25) is 9.59 Å². The predicted molar refractivity (Wildman–Crippen MR) is 106 cm³/mol. The Kier molecular flexibility index (Phi) is 5.84. The summed E-state index contributed by atoms with van der Waals surface area (Å²) in [4.78, 5) is 24.0. The zero-order chi connectivity index (χ0) is 19.1. The molecule has 0 spiro atoms. The second kappa shape index (κ2) is 8.67. The number of ether oxygens (including phenoxy) is 1. The number of nitrogens with one attached hydrogen (secondary N) is 2. The molecule has 3 rings (SSSR count). The highest BCUT2D eigenvalue weighted by Gasteiger charge is 2.10. The summed E-state index contributed by atoms with van der Waals surface area (Å²) < 4.78 is 5.70. The smallest absolute Gasteiger partial charge is 0.233 e. The number of para-hydroxylation sites is 1. The lowest BCUT2D eigenvalue weighted by Crippen LogP contribution is -2.21. The van der Waals surface area contributed by atoms with E-state index in [-0.39, 0.29) is 18.2 Å². The van der Waals surface area contributed by atoms with Gasteiger partial charge in [0.25, 0.3) is 0 Å². The lowest BCUT2D eigenvalue weighted by Gasteiger charge is -2.09. The fourth-order valence-electron chi connectivity index (χ4n) is 2.51. The van der Waals surface area contributed by atoms with Gasteiger partial charge in [0.15, 0.2) is 0 Å². The summed E-state index contributed by atoms with van der Waals surface area (Å²) in [7, 11) is 0. The molecule has 0 aromatic heterocycles. The Labute approximate surface area is 158 Å². The monoisotopic (exact) mass is 360 g/mol. The van der Waals surface area contributed by atoms with Crippen LogP contribution in [0.4, 0.5) is 11.4 Å². The first-order chi connectivity index (χ1) is 13.1. The lowest BCUT2D eigenvalue weighted by molar-refractivity contribution is -0.123. The van der Waals surface area contributed by atoms with Crippen molar-refractivity contribution in [2.45, 2.75) is 13.3 Å². The summed E-state index contributed by atoms with van der Waals surface area (Å²) >= 11 is 0. The number of hydrogen-bond acceptors (Lipinski definition) is 3. The average molecular weight is 360 g/mol. The van der Waals surface area contributed by atoms with Crippen molar-refractivity contribution < 1.29 is 14.3 Å². The minimum Gasteiger partial charge on any atom is -0.457 e. The fourth-order valence-corrected chi connectivity index (χ4v) is 2.51. The van der Waals surface area contributed by atoms with Crippen molar-refractivity contribution in [2.24, 2.45) is 0 Å². The van der Waals surface area contributed by atoms with Gasteiger partial charge >= 0.3 is 0 Å². The van der Waals surface area contributed by atoms with Crippen LogP contribution in [-0.2, 0) is 9.59 Å². The standard InChI is InChI=1S/C22H20N2O3/c1-16-6-5-7-18(14-16)24-22(26)15-21(25)23-17-10-12-20(13-11-17)27-19-8-3-2-4-9-19/h2-14H,15H2,1H3,(H,23,25)(H,24,26). The lowest BCUT2D eigenvalue weighted by atomic mass is 10.2. The number of benzene rings is 3. The molecule has 0 aliphatic rings. The first-order valence-corrected chi connectivity index (χ1v) is 8.58. The maximum Gasteiger partial charge on any atom is 0.233 e. The molecule has 0 saturated carbocycles. The number of carbonyl (C=O) groups is 2. The van der Waals surface area contributed by atoms with Gasteiger partial charge in [0.05, 0.1) is 0 Å². The molecule has 0 heterocycles. The van der Waals surface area contributed by atoms with Gasteiger partial charge in [0, 0.05) is 11.4 Å². The maximum absolute atomic E-state index is 12.1. The number of amides is 2. The largest absolute Gasteiger partial charge is 0.457 e. The zero-order valence-corrected chi connectivity index (χ0v) is 14.9. The van der Waals surface area contributed by atoms with Crippen LogP contribution in [0.2, 0.25) is 0 Å². The van der Waals surface area contributed by atoms with E-state index in [1.54, 1.807) is 30.3 Å². The van der Waals surface area contributed by atoms with E-state index < -0.39 is 0 Å². The highest BCUT2D eigenvalue weighted by atomic mass is 16.5. The second-order valence-corrected chi connectivity index (χ2v) is 6.08. The van der Waals surface area contributed by atoms with E-state index in [1.807, 2.05) is 55.5 Å². The summed E-state index contributed by atoms with van der Waals surface area (Å²) in [6, 6.07) is 23.8. The molecule has 3 aromatic rings. The third kappa shape index (κ3) is 5.71. The third-order valence-electron chi connectivity index (χ3n) is 3.74. The van der Waals surface area contributed by atoms with Gasteiger partial charge in [0.2, 0.25) is 11.8 Å². The number of carbonyl (C=O) groups excluding carboxylic acids is 2. The Bertz CT molecular complexity index is 922. The SMILES string of the molecule is Cc1cccc(NC(=O)CC(=O)Nc2ccc(Oc3ccccc3)cc2)c1. The number of anilines is 2. The van der Waals surface area contributed by atoms with Gasteiger partial charge in [-0.2, -0.15) is 0 Å². The van der Waals surface area contributed by atoms with Crippen LogP contribution < -0.4 is 15.4 Å². The van der Waals surface area contributed by atoms with Gasteiger partial charge in [-0.15, -0.1) is 0 Å². The van der Waals surface area contributed by atoms with E-state index in [0.29, 0.717) is 17.1 Å². The van der Waals surface area contributed by atoms with Crippen molar-refractivity contribution in [1.29, 1.82) is 0 Å². The fraction of sp³-hybridized carbons (Fsp3) is 0.0909. The van der Waals surface area contributed by atoms with Crippen molar-refractivity contribution >= 4 is 23.2 Å². The van der Waals surface area contributed by atoms with Gasteiger partial charge in [0.1, 0.15) is 17.9 Å². The molecule has 27 heavy (non-hydrogen) atoms. The highest BCUT2D eigenvalue weighted by molar-refractivity contribution is 6.08. The molecule has 2 N–H and O–H groups in total. The second-order valence-electron chi connectivity index (χ2n) is 6.08. The van der Waals surface area contributed by atoms with E-state index in [4.69, 9.17) is 4.74 Å². The Morgan fingerprint density at radius 2 is 1.37 bits per heavy atom. The summed E-state index contributed by atoms with van der Waals surface area (Å²) in [5, 5.41) is 5.42. The molecule has 3 aromatic carbocycles. The molecule has 0 saturated heterocycles. The molecule has 0 bridgehead atoms. The number of aryl methyl sites for hydroxylation is 1. The summed E-state index contributed by atoms with van der Waals surface area (Å²) in [5.41, 5.74) is 2.31.